The molecule has 108 valence electrons. The fraction of sp³-hybridized carbons (Fsp3) is 0.308. The number of ether oxygens (including phenoxy) is 1. The fourth-order valence-corrected chi connectivity index (χ4v) is 1.51. The van der Waals surface area contributed by atoms with E-state index in [0.29, 0.717) is 6.08 Å². The van der Waals surface area contributed by atoms with Gasteiger partial charge in [-0.2, -0.15) is 0 Å². The van der Waals surface area contributed by atoms with E-state index in [1.54, 1.807) is 6.92 Å². The molecule has 0 heterocycles. The van der Waals surface area contributed by atoms with Crippen LogP contribution < -0.4 is 0 Å². The highest BCUT2D eigenvalue weighted by Crippen LogP contribution is 2.18. The third-order valence-corrected chi connectivity index (χ3v) is 2.50. The number of carbonyl (C=O) groups excluding carboxylic acids is 1. The summed E-state index contributed by atoms with van der Waals surface area (Å²) in [5, 5.41) is 10.8. The van der Waals surface area contributed by atoms with E-state index in [1.807, 2.05) is 0 Å². The van der Waals surface area contributed by atoms with Crippen LogP contribution >= 0.6 is 0 Å². The highest BCUT2D eigenvalue weighted by Gasteiger charge is 2.18. The van der Waals surface area contributed by atoms with Gasteiger partial charge in [0.25, 0.3) is 5.70 Å². The van der Waals surface area contributed by atoms with Crippen LogP contribution in [0.2, 0.25) is 0 Å². The summed E-state index contributed by atoms with van der Waals surface area (Å²) in [6.07, 6.45) is 0.162. The van der Waals surface area contributed by atoms with Gasteiger partial charge >= 0.3 is 5.97 Å². The summed E-state index contributed by atoms with van der Waals surface area (Å²) in [5.41, 5.74) is -0.658. The molecule has 0 amide bonds. The van der Waals surface area contributed by atoms with Gasteiger partial charge in [0.2, 0.25) is 0 Å². The van der Waals surface area contributed by atoms with Gasteiger partial charge in [0.05, 0.1) is 24.0 Å². The van der Waals surface area contributed by atoms with Crippen LogP contribution in [0.25, 0.3) is 0 Å². The molecule has 0 radical (unpaired) electrons. The number of benzene rings is 1. The van der Waals surface area contributed by atoms with Gasteiger partial charge in [0, 0.05) is 5.56 Å². The van der Waals surface area contributed by atoms with Crippen molar-refractivity contribution < 1.29 is 23.2 Å². The van der Waals surface area contributed by atoms with Crippen LogP contribution in [-0.4, -0.2) is 17.5 Å². The first kappa shape index (κ1) is 15.7. The minimum atomic E-state index is -0.896. The lowest BCUT2D eigenvalue weighted by Crippen LogP contribution is -2.09. The first-order chi connectivity index (χ1) is 9.35. The van der Waals surface area contributed by atoms with E-state index in [9.17, 15) is 23.7 Å². The first-order valence-corrected chi connectivity index (χ1v) is 5.81. The van der Waals surface area contributed by atoms with Gasteiger partial charge < -0.3 is 4.74 Å². The quantitative estimate of drug-likeness (QED) is 0.361. The van der Waals surface area contributed by atoms with E-state index in [-0.39, 0.29) is 17.7 Å². The summed E-state index contributed by atoms with van der Waals surface area (Å²) in [4.78, 5) is 21.2. The van der Waals surface area contributed by atoms with Crippen LogP contribution in [0.15, 0.2) is 23.9 Å². The SMILES string of the molecule is CCOC(=O)/C=C(\Cc1cc(F)c(C)cc1F)[N+](=O)[O-]. The zero-order chi connectivity index (χ0) is 15.3. The number of allylic oxidation sites excluding steroid dienone is 1. The molecule has 20 heavy (non-hydrogen) atoms. The zero-order valence-corrected chi connectivity index (χ0v) is 11.0. The van der Waals surface area contributed by atoms with Crippen molar-refractivity contribution in [1.29, 1.82) is 0 Å². The largest absolute Gasteiger partial charge is 0.463 e. The maximum absolute atomic E-state index is 13.6. The molecule has 0 saturated heterocycles. The molecule has 0 N–H and O–H groups in total. The van der Waals surface area contributed by atoms with Gasteiger partial charge in [-0.1, -0.05) is 0 Å². The van der Waals surface area contributed by atoms with Crippen molar-refractivity contribution in [2.24, 2.45) is 0 Å². The van der Waals surface area contributed by atoms with Crippen LogP contribution in [0.5, 0.6) is 0 Å². The summed E-state index contributed by atoms with van der Waals surface area (Å²) in [6.45, 7) is 2.99. The summed E-state index contributed by atoms with van der Waals surface area (Å²) in [5.74, 6) is -2.33. The number of aryl methyl sites for hydroxylation is 1. The molecule has 0 aromatic heterocycles. The van der Waals surface area contributed by atoms with Crippen molar-refractivity contribution in [2.75, 3.05) is 6.61 Å². The standard InChI is InChI=1S/C13H13F2NO4/c1-3-20-13(17)7-10(16(18)19)5-9-6-11(14)8(2)4-12(9)15/h4,6-7H,3,5H2,1-2H3/b10-7+. The Morgan fingerprint density at radius 1 is 1.40 bits per heavy atom. The molecule has 0 aliphatic rings. The monoisotopic (exact) mass is 285 g/mol. The zero-order valence-electron chi connectivity index (χ0n) is 11.0. The number of halogens is 2. The molecule has 0 fully saturated rings. The second-order valence-corrected chi connectivity index (χ2v) is 4.01. The Hall–Kier alpha value is -2.31. The average Bonchev–Trinajstić information content (AvgIpc) is 2.35. The highest BCUT2D eigenvalue weighted by atomic mass is 19.1. The van der Waals surface area contributed by atoms with Crippen molar-refractivity contribution in [1.82, 2.24) is 0 Å². The predicted molar refractivity (Wildman–Crippen MR) is 66.5 cm³/mol. The van der Waals surface area contributed by atoms with Crippen LogP contribution in [0.4, 0.5) is 8.78 Å². The molecule has 1 rings (SSSR count). The third kappa shape index (κ3) is 4.11. The Bertz CT molecular complexity index is 570. The van der Waals surface area contributed by atoms with Crippen molar-refractivity contribution in [2.45, 2.75) is 20.3 Å². The van der Waals surface area contributed by atoms with Crippen LogP contribution in [0, 0.1) is 28.7 Å². The summed E-state index contributed by atoms with van der Waals surface area (Å²) < 4.78 is 31.5. The normalized spacial score (nSPS) is 11.3. The van der Waals surface area contributed by atoms with E-state index in [2.05, 4.69) is 4.74 Å². The Kier molecular flexibility index (Phi) is 5.31. The lowest BCUT2D eigenvalue weighted by atomic mass is 10.1. The van der Waals surface area contributed by atoms with Gasteiger partial charge in [-0.3, -0.25) is 10.1 Å². The fourth-order valence-electron chi connectivity index (χ4n) is 1.51. The number of rotatable bonds is 5. The molecule has 5 nitrogen and oxygen atoms in total. The number of nitro groups is 1. The predicted octanol–water partition coefficient (Wildman–Crippen LogP) is 2.54. The smallest absolute Gasteiger partial charge is 0.337 e. The third-order valence-electron chi connectivity index (χ3n) is 2.50. The maximum atomic E-state index is 13.6. The van der Waals surface area contributed by atoms with E-state index in [1.165, 1.54) is 6.92 Å². The van der Waals surface area contributed by atoms with E-state index in [0.717, 1.165) is 12.1 Å². The van der Waals surface area contributed by atoms with Gasteiger partial charge in [-0.25, -0.2) is 13.6 Å². The van der Waals surface area contributed by atoms with Crippen LogP contribution in [0.3, 0.4) is 0 Å². The molecule has 0 atom stereocenters. The molecular formula is C13H13F2NO4. The maximum Gasteiger partial charge on any atom is 0.337 e. The molecule has 0 saturated carbocycles. The van der Waals surface area contributed by atoms with Crippen LogP contribution in [0.1, 0.15) is 18.1 Å². The van der Waals surface area contributed by atoms with Gasteiger partial charge in [0.1, 0.15) is 11.6 Å². The van der Waals surface area contributed by atoms with E-state index < -0.39 is 34.6 Å². The summed E-state index contributed by atoms with van der Waals surface area (Å²) in [7, 11) is 0. The molecule has 0 bridgehead atoms. The Balaban J connectivity index is 3.06. The van der Waals surface area contributed by atoms with Gasteiger partial charge in [0.15, 0.2) is 0 Å². The van der Waals surface area contributed by atoms with Gasteiger partial charge in [-0.05, 0) is 31.5 Å². The summed E-state index contributed by atoms with van der Waals surface area (Å²) >= 11 is 0. The second kappa shape index (κ2) is 6.74. The van der Waals surface area contributed by atoms with Crippen molar-refractivity contribution in [3.8, 4) is 0 Å². The average molecular weight is 285 g/mol. The Morgan fingerprint density at radius 3 is 2.60 bits per heavy atom. The molecule has 7 heteroatoms. The topological polar surface area (TPSA) is 69.4 Å². The Labute approximate surface area is 114 Å². The van der Waals surface area contributed by atoms with Gasteiger partial charge in [-0.15, -0.1) is 0 Å². The van der Waals surface area contributed by atoms with Crippen molar-refractivity contribution >= 4 is 5.97 Å². The summed E-state index contributed by atoms with van der Waals surface area (Å²) in [6, 6.07) is 1.83. The highest BCUT2D eigenvalue weighted by molar-refractivity contribution is 5.82. The number of hydrogen-bond acceptors (Lipinski definition) is 4. The van der Waals surface area contributed by atoms with Crippen LogP contribution in [-0.2, 0) is 16.0 Å². The molecule has 0 spiro atoms. The number of carbonyl (C=O) groups is 1. The minimum absolute atomic E-state index is 0.0633. The number of nitrogens with zero attached hydrogens (tertiary/aromatic N) is 1. The molecule has 0 aliphatic carbocycles. The number of hydrogen-bond donors (Lipinski definition) is 0. The minimum Gasteiger partial charge on any atom is -0.463 e. The molecule has 0 unspecified atom stereocenters. The molecular weight excluding hydrogens is 272 g/mol. The van der Waals surface area contributed by atoms with E-state index in [4.69, 9.17) is 0 Å². The first-order valence-electron chi connectivity index (χ1n) is 5.81. The van der Waals surface area contributed by atoms with E-state index >= 15 is 0 Å². The van der Waals surface area contributed by atoms with Crippen molar-refractivity contribution in [3.63, 3.8) is 0 Å². The molecule has 1 aromatic rings. The molecule has 1 aromatic carbocycles. The Morgan fingerprint density at radius 2 is 2.05 bits per heavy atom. The number of esters is 1. The van der Waals surface area contributed by atoms with Crippen molar-refractivity contribution in [3.05, 3.63) is 56.8 Å². The second-order valence-electron chi connectivity index (χ2n) is 4.01. The lowest BCUT2D eigenvalue weighted by Gasteiger charge is -2.04. The molecule has 0 aliphatic heterocycles. The lowest BCUT2D eigenvalue weighted by molar-refractivity contribution is -0.427.